The van der Waals surface area contributed by atoms with E-state index in [2.05, 4.69) is 5.10 Å². The van der Waals surface area contributed by atoms with E-state index in [1.807, 2.05) is 79.7 Å². The minimum atomic E-state index is -0.464. The summed E-state index contributed by atoms with van der Waals surface area (Å²) in [6.45, 7) is 2.03. The van der Waals surface area contributed by atoms with Gasteiger partial charge in [-0.05, 0) is 73.7 Å². The highest BCUT2D eigenvalue weighted by atomic mass is 16.5. The molecule has 4 rings (SSSR count). The van der Waals surface area contributed by atoms with E-state index in [1.165, 1.54) is 12.7 Å². The van der Waals surface area contributed by atoms with E-state index in [4.69, 9.17) is 14.2 Å². The Kier molecular flexibility index (Phi) is 5.71. The van der Waals surface area contributed by atoms with Gasteiger partial charge in [-0.25, -0.2) is 9.48 Å². The van der Waals surface area contributed by atoms with Crippen molar-refractivity contribution >= 4 is 5.97 Å². The minimum absolute atomic E-state index is 0.336. The number of aryl methyl sites for hydroxylation is 1. The Balaban J connectivity index is 1.63. The van der Waals surface area contributed by atoms with E-state index in [0.717, 1.165) is 28.5 Å². The van der Waals surface area contributed by atoms with E-state index >= 15 is 0 Å². The zero-order valence-electron chi connectivity index (χ0n) is 17.5. The molecule has 1 aromatic heterocycles. The van der Waals surface area contributed by atoms with Crippen LogP contribution in [0, 0.1) is 6.92 Å². The molecule has 4 aromatic rings. The first-order valence-corrected chi connectivity index (χ1v) is 9.75. The van der Waals surface area contributed by atoms with Gasteiger partial charge in [0.15, 0.2) is 5.69 Å². The molecule has 0 amide bonds. The molecular formula is C25H22N2O4. The van der Waals surface area contributed by atoms with Crippen LogP contribution in [0.15, 0.2) is 78.9 Å². The molecule has 0 aliphatic heterocycles. The fourth-order valence-corrected chi connectivity index (χ4v) is 3.13. The zero-order chi connectivity index (χ0) is 21.8. The number of carbonyl (C=O) groups excluding carboxylic acids is 1. The molecule has 0 bridgehead atoms. The van der Waals surface area contributed by atoms with Crippen LogP contribution in [0.2, 0.25) is 0 Å². The number of ether oxygens (including phenoxy) is 3. The zero-order valence-corrected chi connectivity index (χ0v) is 17.5. The van der Waals surface area contributed by atoms with Crippen molar-refractivity contribution in [3.05, 3.63) is 90.1 Å². The number of esters is 1. The fourth-order valence-electron chi connectivity index (χ4n) is 3.13. The van der Waals surface area contributed by atoms with Gasteiger partial charge in [0.25, 0.3) is 0 Å². The van der Waals surface area contributed by atoms with Gasteiger partial charge in [0.05, 0.1) is 25.6 Å². The SMILES string of the molecule is COC(=O)c1cc(-c2ccc(Oc3ccc(C)cc3)cc2)nn1-c1ccc(OC)cc1. The minimum Gasteiger partial charge on any atom is -0.497 e. The molecule has 6 heteroatoms. The topological polar surface area (TPSA) is 62.6 Å². The van der Waals surface area contributed by atoms with Gasteiger partial charge in [0.2, 0.25) is 0 Å². The van der Waals surface area contributed by atoms with E-state index in [1.54, 1.807) is 17.9 Å². The Morgan fingerprint density at radius 3 is 1.97 bits per heavy atom. The molecule has 1 heterocycles. The standard InChI is InChI=1S/C25H22N2O4/c1-17-4-10-21(11-5-17)31-22-12-6-18(7-13-22)23-16-24(25(28)30-3)27(26-23)19-8-14-20(29-2)15-9-19/h4-16H,1-3H3. The third-order valence-electron chi connectivity index (χ3n) is 4.83. The number of rotatable bonds is 6. The highest BCUT2D eigenvalue weighted by Crippen LogP contribution is 2.27. The van der Waals surface area contributed by atoms with Crippen LogP contribution >= 0.6 is 0 Å². The molecule has 0 aliphatic rings. The van der Waals surface area contributed by atoms with Gasteiger partial charge in [0, 0.05) is 5.56 Å². The van der Waals surface area contributed by atoms with Crippen LogP contribution in [0.25, 0.3) is 16.9 Å². The molecule has 0 N–H and O–H groups in total. The quantitative estimate of drug-likeness (QED) is 0.394. The summed E-state index contributed by atoms with van der Waals surface area (Å²) < 4.78 is 17.6. The summed E-state index contributed by atoms with van der Waals surface area (Å²) in [6, 6.07) is 24.4. The lowest BCUT2D eigenvalue weighted by Gasteiger charge is -2.07. The number of methoxy groups -OCH3 is 2. The van der Waals surface area contributed by atoms with Crippen LogP contribution in [-0.2, 0) is 4.74 Å². The number of benzene rings is 3. The smallest absolute Gasteiger partial charge is 0.356 e. The van der Waals surface area contributed by atoms with Gasteiger partial charge >= 0.3 is 5.97 Å². The van der Waals surface area contributed by atoms with E-state index < -0.39 is 5.97 Å². The van der Waals surface area contributed by atoms with Crippen molar-refractivity contribution in [3.63, 3.8) is 0 Å². The molecule has 31 heavy (non-hydrogen) atoms. The normalized spacial score (nSPS) is 10.5. The maximum atomic E-state index is 12.3. The van der Waals surface area contributed by atoms with Crippen LogP contribution in [0.5, 0.6) is 17.2 Å². The van der Waals surface area contributed by atoms with Crippen molar-refractivity contribution in [3.8, 4) is 34.2 Å². The van der Waals surface area contributed by atoms with Crippen LogP contribution in [0.3, 0.4) is 0 Å². The highest BCUT2D eigenvalue weighted by molar-refractivity contribution is 5.89. The number of aromatic nitrogens is 2. The van der Waals surface area contributed by atoms with Gasteiger partial charge < -0.3 is 14.2 Å². The number of nitrogens with zero attached hydrogens (tertiary/aromatic N) is 2. The van der Waals surface area contributed by atoms with Crippen LogP contribution < -0.4 is 9.47 Å². The lowest BCUT2D eigenvalue weighted by molar-refractivity contribution is 0.0590. The molecule has 3 aromatic carbocycles. The summed E-state index contributed by atoms with van der Waals surface area (Å²) in [5.74, 6) is 1.75. The molecule has 0 saturated heterocycles. The molecule has 0 atom stereocenters. The Hall–Kier alpha value is -4.06. The Morgan fingerprint density at radius 1 is 0.806 bits per heavy atom. The van der Waals surface area contributed by atoms with Crippen molar-refractivity contribution in [1.29, 1.82) is 0 Å². The molecule has 6 nitrogen and oxygen atoms in total. The highest BCUT2D eigenvalue weighted by Gasteiger charge is 2.18. The summed E-state index contributed by atoms with van der Waals surface area (Å²) in [7, 11) is 2.96. The second-order valence-corrected chi connectivity index (χ2v) is 6.96. The average Bonchev–Trinajstić information content (AvgIpc) is 3.26. The Labute approximate surface area is 180 Å². The predicted molar refractivity (Wildman–Crippen MR) is 118 cm³/mol. The van der Waals surface area contributed by atoms with Crippen LogP contribution in [-0.4, -0.2) is 30.0 Å². The first-order chi connectivity index (χ1) is 15.1. The first-order valence-electron chi connectivity index (χ1n) is 9.75. The second-order valence-electron chi connectivity index (χ2n) is 6.96. The predicted octanol–water partition coefficient (Wildman–Crippen LogP) is 5.44. The van der Waals surface area contributed by atoms with Gasteiger partial charge in [-0.15, -0.1) is 0 Å². The van der Waals surface area contributed by atoms with Gasteiger partial charge in [-0.2, -0.15) is 5.10 Å². The van der Waals surface area contributed by atoms with Crippen molar-refractivity contribution in [2.75, 3.05) is 14.2 Å². The molecule has 0 unspecified atom stereocenters. The van der Waals surface area contributed by atoms with Gasteiger partial charge in [-0.3, -0.25) is 0 Å². The molecule has 0 saturated carbocycles. The monoisotopic (exact) mass is 414 g/mol. The summed E-state index contributed by atoms with van der Waals surface area (Å²) in [4.78, 5) is 12.3. The number of carbonyl (C=O) groups is 1. The summed E-state index contributed by atoms with van der Waals surface area (Å²) in [5.41, 5.74) is 3.75. The third kappa shape index (κ3) is 4.43. The second kappa shape index (κ2) is 8.75. The third-order valence-corrected chi connectivity index (χ3v) is 4.83. The molecule has 0 spiro atoms. The van der Waals surface area contributed by atoms with Crippen molar-refractivity contribution in [1.82, 2.24) is 9.78 Å². The van der Waals surface area contributed by atoms with Gasteiger partial charge in [0.1, 0.15) is 17.2 Å². The molecular weight excluding hydrogens is 392 g/mol. The number of hydrogen-bond donors (Lipinski definition) is 0. The fraction of sp³-hybridized carbons (Fsp3) is 0.120. The number of hydrogen-bond acceptors (Lipinski definition) is 5. The summed E-state index contributed by atoms with van der Waals surface area (Å²) in [6.07, 6.45) is 0. The molecule has 0 radical (unpaired) electrons. The first kappa shape index (κ1) is 20.2. The van der Waals surface area contributed by atoms with Crippen molar-refractivity contribution < 1.29 is 19.0 Å². The Bertz CT molecular complexity index is 1180. The van der Waals surface area contributed by atoms with Crippen molar-refractivity contribution in [2.24, 2.45) is 0 Å². The van der Waals surface area contributed by atoms with Gasteiger partial charge in [-0.1, -0.05) is 17.7 Å². The van der Waals surface area contributed by atoms with Crippen molar-refractivity contribution in [2.45, 2.75) is 6.92 Å². The van der Waals surface area contributed by atoms with E-state index in [-0.39, 0.29) is 0 Å². The molecule has 0 fully saturated rings. The lowest BCUT2D eigenvalue weighted by Crippen LogP contribution is -2.10. The Morgan fingerprint density at radius 2 is 1.39 bits per heavy atom. The summed E-state index contributed by atoms with van der Waals surface area (Å²) >= 11 is 0. The van der Waals surface area contributed by atoms with Crippen LogP contribution in [0.4, 0.5) is 0 Å². The largest absolute Gasteiger partial charge is 0.497 e. The maximum Gasteiger partial charge on any atom is 0.356 e. The van der Waals surface area contributed by atoms with Crippen LogP contribution in [0.1, 0.15) is 16.1 Å². The average molecular weight is 414 g/mol. The van der Waals surface area contributed by atoms with E-state index in [0.29, 0.717) is 11.4 Å². The molecule has 156 valence electrons. The van der Waals surface area contributed by atoms with E-state index in [9.17, 15) is 4.79 Å². The lowest BCUT2D eigenvalue weighted by atomic mass is 10.1. The summed E-state index contributed by atoms with van der Waals surface area (Å²) in [5, 5.41) is 4.63. The maximum absolute atomic E-state index is 12.3. The molecule has 0 aliphatic carbocycles.